The lowest BCUT2D eigenvalue weighted by molar-refractivity contribution is 0.421. The Kier molecular flexibility index (Phi) is 4.10. The van der Waals surface area contributed by atoms with Gasteiger partial charge in [-0.1, -0.05) is 32.0 Å². The SMILES string of the molecule is CCN1CC(CC)(CC)c2cc(Nc3ccccc3)ccc21. The highest BCUT2D eigenvalue weighted by Crippen LogP contribution is 2.46. The first-order chi connectivity index (χ1) is 10.7. The molecule has 0 aromatic heterocycles. The Labute approximate surface area is 134 Å². The molecule has 0 fully saturated rings. The van der Waals surface area contributed by atoms with Crippen LogP contribution in [0.1, 0.15) is 39.2 Å². The van der Waals surface area contributed by atoms with E-state index >= 15 is 0 Å². The highest BCUT2D eigenvalue weighted by molar-refractivity contribution is 5.70. The Hall–Kier alpha value is -1.96. The molecule has 0 spiro atoms. The molecule has 116 valence electrons. The first-order valence-electron chi connectivity index (χ1n) is 8.44. The summed E-state index contributed by atoms with van der Waals surface area (Å²) in [5.41, 5.74) is 5.57. The van der Waals surface area contributed by atoms with E-state index in [0.717, 1.165) is 18.8 Å². The van der Waals surface area contributed by atoms with Crippen LogP contribution >= 0.6 is 0 Å². The van der Waals surface area contributed by atoms with E-state index in [1.54, 1.807) is 0 Å². The van der Waals surface area contributed by atoms with Crippen molar-refractivity contribution in [2.75, 3.05) is 23.3 Å². The lowest BCUT2D eigenvalue weighted by Gasteiger charge is -2.28. The molecule has 2 heteroatoms. The number of rotatable bonds is 5. The molecular formula is C20H26N2. The molecule has 22 heavy (non-hydrogen) atoms. The van der Waals surface area contributed by atoms with Crippen LogP contribution in [0.25, 0.3) is 0 Å². The standard InChI is InChI=1S/C20H26N2/c1-4-20(5-2)15-22(6-3)19-13-12-17(14-18(19)20)21-16-10-8-7-9-11-16/h7-14,21H,4-6,15H2,1-3H3. The first-order valence-corrected chi connectivity index (χ1v) is 8.44. The highest BCUT2D eigenvalue weighted by Gasteiger charge is 2.39. The molecular weight excluding hydrogens is 268 g/mol. The van der Waals surface area contributed by atoms with E-state index in [9.17, 15) is 0 Å². The van der Waals surface area contributed by atoms with Gasteiger partial charge >= 0.3 is 0 Å². The van der Waals surface area contributed by atoms with E-state index in [2.05, 4.69) is 73.5 Å². The van der Waals surface area contributed by atoms with Crippen molar-refractivity contribution in [3.8, 4) is 0 Å². The summed E-state index contributed by atoms with van der Waals surface area (Å²) < 4.78 is 0. The number of nitrogens with one attached hydrogen (secondary N) is 1. The normalized spacial score (nSPS) is 15.7. The summed E-state index contributed by atoms with van der Waals surface area (Å²) in [6, 6.07) is 17.3. The maximum atomic E-state index is 3.53. The second-order valence-electron chi connectivity index (χ2n) is 6.22. The Bertz CT molecular complexity index is 629. The second kappa shape index (κ2) is 6.04. The molecule has 0 radical (unpaired) electrons. The fourth-order valence-corrected chi connectivity index (χ4v) is 3.67. The molecule has 0 amide bonds. The van der Waals surface area contributed by atoms with Crippen LogP contribution in [-0.4, -0.2) is 13.1 Å². The highest BCUT2D eigenvalue weighted by atomic mass is 15.2. The van der Waals surface area contributed by atoms with Crippen molar-refractivity contribution in [3.63, 3.8) is 0 Å². The van der Waals surface area contributed by atoms with Gasteiger partial charge < -0.3 is 10.2 Å². The molecule has 3 rings (SSSR count). The van der Waals surface area contributed by atoms with E-state index in [1.807, 2.05) is 6.07 Å². The number of fused-ring (bicyclic) bond motifs is 1. The third-order valence-corrected chi connectivity index (χ3v) is 5.20. The third kappa shape index (κ3) is 2.47. The maximum Gasteiger partial charge on any atom is 0.0406 e. The van der Waals surface area contributed by atoms with Crippen LogP contribution in [0.2, 0.25) is 0 Å². The molecule has 2 aromatic carbocycles. The summed E-state index contributed by atoms with van der Waals surface area (Å²) in [6.45, 7) is 9.13. The fourth-order valence-electron chi connectivity index (χ4n) is 3.67. The van der Waals surface area contributed by atoms with Gasteiger partial charge in [-0.25, -0.2) is 0 Å². The summed E-state index contributed by atoms with van der Waals surface area (Å²) in [5, 5.41) is 3.53. The smallest absolute Gasteiger partial charge is 0.0406 e. The first kappa shape index (κ1) is 15.0. The molecule has 1 N–H and O–H groups in total. The van der Waals surface area contributed by atoms with Gasteiger partial charge in [-0.05, 0) is 55.7 Å². The lowest BCUT2D eigenvalue weighted by Crippen LogP contribution is -2.32. The average Bonchev–Trinajstić information content (AvgIpc) is 2.89. The molecule has 0 aliphatic carbocycles. The Balaban J connectivity index is 1.98. The average molecular weight is 294 g/mol. The van der Waals surface area contributed by atoms with Gasteiger partial charge in [-0.3, -0.25) is 0 Å². The molecule has 0 atom stereocenters. The minimum atomic E-state index is 0.305. The van der Waals surface area contributed by atoms with E-state index in [-0.39, 0.29) is 0 Å². The maximum absolute atomic E-state index is 3.53. The molecule has 1 heterocycles. The van der Waals surface area contributed by atoms with E-state index in [0.29, 0.717) is 5.41 Å². The monoisotopic (exact) mass is 294 g/mol. The van der Waals surface area contributed by atoms with Crippen LogP contribution in [0.3, 0.4) is 0 Å². The van der Waals surface area contributed by atoms with Crippen LogP contribution in [0.5, 0.6) is 0 Å². The van der Waals surface area contributed by atoms with Gasteiger partial charge in [0.25, 0.3) is 0 Å². The quantitative estimate of drug-likeness (QED) is 0.802. The van der Waals surface area contributed by atoms with Gasteiger partial charge in [-0.15, -0.1) is 0 Å². The molecule has 0 bridgehead atoms. The summed E-state index contributed by atoms with van der Waals surface area (Å²) in [6.07, 6.45) is 2.39. The van der Waals surface area contributed by atoms with E-state index < -0.39 is 0 Å². The van der Waals surface area contributed by atoms with Crippen molar-refractivity contribution < 1.29 is 0 Å². The number of para-hydroxylation sites is 1. The van der Waals surface area contributed by atoms with Gasteiger partial charge in [0.1, 0.15) is 0 Å². The van der Waals surface area contributed by atoms with Crippen LogP contribution < -0.4 is 10.2 Å². The minimum Gasteiger partial charge on any atom is -0.371 e. The summed E-state index contributed by atoms with van der Waals surface area (Å²) >= 11 is 0. The molecule has 0 saturated heterocycles. The Morgan fingerprint density at radius 2 is 1.68 bits per heavy atom. The fraction of sp³-hybridized carbons (Fsp3) is 0.400. The van der Waals surface area contributed by atoms with Crippen molar-refractivity contribution in [1.29, 1.82) is 0 Å². The molecule has 2 nitrogen and oxygen atoms in total. The Morgan fingerprint density at radius 1 is 0.955 bits per heavy atom. The van der Waals surface area contributed by atoms with Crippen molar-refractivity contribution in [2.45, 2.75) is 39.0 Å². The van der Waals surface area contributed by atoms with Gasteiger partial charge in [0.05, 0.1) is 0 Å². The summed E-state index contributed by atoms with van der Waals surface area (Å²) in [7, 11) is 0. The second-order valence-corrected chi connectivity index (χ2v) is 6.22. The lowest BCUT2D eigenvalue weighted by atomic mass is 9.77. The Morgan fingerprint density at radius 3 is 2.32 bits per heavy atom. The van der Waals surface area contributed by atoms with Crippen LogP contribution in [0.15, 0.2) is 48.5 Å². The predicted octanol–water partition coefficient (Wildman–Crippen LogP) is 5.33. The van der Waals surface area contributed by atoms with Gasteiger partial charge in [0.2, 0.25) is 0 Å². The van der Waals surface area contributed by atoms with Gasteiger partial charge in [-0.2, -0.15) is 0 Å². The van der Waals surface area contributed by atoms with Crippen LogP contribution in [0.4, 0.5) is 17.1 Å². The predicted molar refractivity (Wildman–Crippen MR) is 96.3 cm³/mol. The third-order valence-electron chi connectivity index (χ3n) is 5.20. The van der Waals surface area contributed by atoms with Gasteiger partial charge in [0.15, 0.2) is 0 Å². The van der Waals surface area contributed by atoms with E-state index in [4.69, 9.17) is 0 Å². The summed E-state index contributed by atoms with van der Waals surface area (Å²) in [5.74, 6) is 0. The number of hydrogen-bond acceptors (Lipinski definition) is 2. The number of hydrogen-bond donors (Lipinski definition) is 1. The topological polar surface area (TPSA) is 15.3 Å². The van der Waals surface area contributed by atoms with Gasteiger partial charge in [0, 0.05) is 35.6 Å². The molecule has 1 aliphatic rings. The molecule has 2 aromatic rings. The van der Waals surface area contributed by atoms with Crippen molar-refractivity contribution in [3.05, 3.63) is 54.1 Å². The molecule has 1 aliphatic heterocycles. The number of likely N-dealkylation sites (N-methyl/N-ethyl adjacent to an activating group) is 1. The van der Waals surface area contributed by atoms with Crippen LogP contribution in [0, 0.1) is 0 Å². The summed E-state index contributed by atoms with van der Waals surface area (Å²) in [4.78, 5) is 2.52. The van der Waals surface area contributed by atoms with E-state index in [1.165, 1.54) is 29.8 Å². The van der Waals surface area contributed by atoms with Crippen molar-refractivity contribution in [2.24, 2.45) is 0 Å². The zero-order valence-corrected chi connectivity index (χ0v) is 13.9. The van der Waals surface area contributed by atoms with Crippen LogP contribution in [-0.2, 0) is 5.41 Å². The number of anilines is 3. The largest absolute Gasteiger partial charge is 0.371 e. The molecule has 0 saturated carbocycles. The zero-order valence-electron chi connectivity index (χ0n) is 13.9. The number of benzene rings is 2. The number of nitrogens with zero attached hydrogens (tertiary/aromatic N) is 1. The molecule has 0 unspecified atom stereocenters. The van der Waals surface area contributed by atoms with Crippen molar-refractivity contribution >= 4 is 17.1 Å². The van der Waals surface area contributed by atoms with Crippen molar-refractivity contribution in [1.82, 2.24) is 0 Å². The zero-order chi connectivity index (χ0) is 15.6. The minimum absolute atomic E-state index is 0.305.